The lowest BCUT2D eigenvalue weighted by atomic mass is 10.00. The summed E-state index contributed by atoms with van der Waals surface area (Å²) < 4.78 is 5.97. The monoisotopic (exact) mass is 351 g/mol. The maximum atomic E-state index is 13.1. The van der Waals surface area contributed by atoms with Crippen LogP contribution in [-0.2, 0) is 11.3 Å². The lowest BCUT2D eigenvalue weighted by molar-refractivity contribution is -0.128. The molecule has 3 rings (SSSR count). The molecule has 0 aliphatic carbocycles. The second-order valence-corrected chi connectivity index (χ2v) is 7.05. The Morgan fingerprint density at radius 2 is 1.88 bits per heavy atom. The fourth-order valence-electron chi connectivity index (χ4n) is 3.18. The number of hydrogen-bond acceptors (Lipinski definition) is 3. The molecule has 2 aromatic carbocycles. The molecule has 1 unspecified atom stereocenters. The van der Waals surface area contributed by atoms with Gasteiger partial charge in [-0.3, -0.25) is 9.59 Å². The van der Waals surface area contributed by atoms with Crippen molar-refractivity contribution in [3.05, 3.63) is 59.7 Å². The van der Waals surface area contributed by atoms with Crippen LogP contribution in [0, 0.1) is 5.92 Å². The first-order chi connectivity index (χ1) is 12.5. The summed E-state index contributed by atoms with van der Waals surface area (Å²) in [4.78, 5) is 27.1. The van der Waals surface area contributed by atoms with Crippen molar-refractivity contribution in [2.24, 2.45) is 5.92 Å². The molecule has 0 bridgehead atoms. The number of amides is 1. The average molecular weight is 351 g/mol. The first-order valence-electron chi connectivity index (χ1n) is 9.20. The Morgan fingerprint density at radius 3 is 2.54 bits per heavy atom. The molecule has 0 spiro atoms. The maximum Gasteiger partial charge on any atom is 0.268 e. The number of Topliss-reactive ketones (excluding diaryl/α,β-unsaturated/α-hetero) is 1. The molecule has 2 aromatic rings. The molecular formula is C22H25NO3. The van der Waals surface area contributed by atoms with Crippen LogP contribution in [0.3, 0.4) is 0 Å². The highest BCUT2D eigenvalue weighted by atomic mass is 16.5. The number of hydrogen-bond donors (Lipinski definition) is 0. The van der Waals surface area contributed by atoms with Crippen molar-refractivity contribution in [1.29, 1.82) is 0 Å². The molecule has 0 saturated carbocycles. The van der Waals surface area contributed by atoms with Crippen LogP contribution in [0.5, 0.6) is 5.75 Å². The SMILES string of the molecule is CCCC(=O)c1ccc2c(c1)N(Cc1ccccc1)C(=O)C(C(C)C)O2. The summed E-state index contributed by atoms with van der Waals surface area (Å²) in [6, 6.07) is 15.3. The van der Waals surface area contributed by atoms with E-state index in [-0.39, 0.29) is 17.6 Å². The second-order valence-electron chi connectivity index (χ2n) is 7.05. The van der Waals surface area contributed by atoms with Crippen LogP contribution in [0.15, 0.2) is 48.5 Å². The number of nitrogens with zero attached hydrogens (tertiary/aromatic N) is 1. The molecule has 1 amide bonds. The number of carbonyl (C=O) groups excluding carboxylic acids is 2. The molecule has 4 nitrogen and oxygen atoms in total. The fourth-order valence-corrected chi connectivity index (χ4v) is 3.18. The predicted octanol–water partition coefficient (Wildman–Crippen LogP) is 4.62. The van der Waals surface area contributed by atoms with E-state index in [1.807, 2.05) is 57.2 Å². The molecule has 4 heteroatoms. The highest BCUT2D eigenvalue weighted by molar-refractivity contribution is 6.03. The third-order valence-electron chi connectivity index (χ3n) is 4.60. The summed E-state index contributed by atoms with van der Waals surface area (Å²) in [5.41, 5.74) is 2.35. The Labute approximate surface area is 154 Å². The van der Waals surface area contributed by atoms with E-state index >= 15 is 0 Å². The van der Waals surface area contributed by atoms with Crippen LogP contribution >= 0.6 is 0 Å². The van der Waals surface area contributed by atoms with E-state index < -0.39 is 6.10 Å². The average Bonchev–Trinajstić information content (AvgIpc) is 2.64. The van der Waals surface area contributed by atoms with Gasteiger partial charge in [-0.15, -0.1) is 0 Å². The maximum absolute atomic E-state index is 13.1. The van der Waals surface area contributed by atoms with Crippen molar-refractivity contribution in [2.75, 3.05) is 4.90 Å². The van der Waals surface area contributed by atoms with E-state index in [4.69, 9.17) is 4.74 Å². The zero-order chi connectivity index (χ0) is 18.7. The molecule has 136 valence electrons. The number of anilines is 1. The van der Waals surface area contributed by atoms with Gasteiger partial charge in [0.15, 0.2) is 11.9 Å². The zero-order valence-electron chi connectivity index (χ0n) is 15.6. The van der Waals surface area contributed by atoms with E-state index in [0.29, 0.717) is 30.0 Å². The minimum atomic E-state index is -0.511. The van der Waals surface area contributed by atoms with Crippen LogP contribution < -0.4 is 9.64 Å². The van der Waals surface area contributed by atoms with Gasteiger partial charge in [-0.2, -0.15) is 0 Å². The standard InChI is InChI=1S/C22H25NO3/c1-4-8-19(24)17-11-12-20-18(13-17)23(14-16-9-6-5-7-10-16)22(25)21(26-20)15(2)3/h5-7,9-13,15,21H,4,8,14H2,1-3H3. The topological polar surface area (TPSA) is 46.6 Å². The molecule has 1 heterocycles. The fraction of sp³-hybridized carbons (Fsp3) is 0.364. The minimum Gasteiger partial charge on any atom is -0.478 e. The van der Waals surface area contributed by atoms with Gasteiger partial charge in [-0.05, 0) is 36.1 Å². The van der Waals surface area contributed by atoms with Crippen LogP contribution in [0.2, 0.25) is 0 Å². The molecule has 1 aliphatic rings. The normalized spacial score (nSPS) is 16.4. The Balaban J connectivity index is 2.01. The molecule has 0 N–H and O–H groups in total. The summed E-state index contributed by atoms with van der Waals surface area (Å²) in [6.45, 7) is 6.41. The summed E-state index contributed by atoms with van der Waals surface area (Å²) in [6.07, 6.45) is 0.790. The van der Waals surface area contributed by atoms with E-state index in [9.17, 15) is 9.59 Å². The van der Waals surface area contributed by atoms with Crippen LogP contribution in [0.1, 0.15) is 49.5 Å². The minimum absolute atomic E-state index is 0.0588. The molecule has 26 heavy (non-hydrogen) atoms. The quantitative estimate of drug-likeness (QED) is 0.714. The van der Waals surface area contributed by atoms with Crippen molar-refractivity contribution in [2.45, 2.75) is 46.3 Å². The Kier molecular flexibility index (Phi) is 5.40. The van der Waals surface area contributed by atoms with E-state index in [2.05, 4.69) is 0 Å². The van der Waals surface area contributed by atoms with Gasteiger partial charge >= 0.3 is 0 Å². The van der Waals surface area contributed by atoms with E-state index in [1.54, 1.807) is 17.0 Å². The van der Waals surface area contributed by atoms with Gasteiger partial charge in [0.25, 0.3) is 5.91 Å². The van der Waals surface area contributed by atoms with Crippen molar-refractivity contribution in [3.63, 3.8) is 0 Å². The molecule has 0 saturated heterocycles. The van der Waals surface area contributed by atoms with Crippen LogP contribution in [-0.4, -0.2) is 17.8 Å². The van der Waals surface area contributed by atoms with Crippen LogP contribution in [0.25, 0.3) is 0 Å². The van der Waals surface area contributed by atoms with Gasteiger partial charge in [-0.1, -0.05) is 51.1 Å². The summed E-state index contributed by atoms with van der Waals surface area (Å²) in [5, 5.41) is 0. The molecular weight excluding hydrogens is 326 g/mol. The van der Waals surface area contributed by atoms with Gasteiger partial charge in [-0.25, -0.2) is 0 Å². The lowest BCUT2D eigenvalue weighted by Crippen LogP contribution is -2.48. The Bertz CT molecular complexity index is 798. The van der Waals surface area contributed by atoms with Gasteiger partial charge in [0, 0.05) is 12.0 Å². The molecule has 1 atom stereocenters. The van der Waals surface area contributed by atoms with Gasteiger partial charge < -0.3 is 9.64 Å². The van der Waals surface area contributed by atoms with E-state index in [1.165, 1.54) is 0 Å². The third-order valence-corrected chi connectivity index (χ3v) is 4.60. The van der Waals surface area contributed by atoms with Gasteiger partial charge in [0.1, 0.15) is 5.75 Å². The van der Waals surface area contributed by atoms with Crippen molar-refractivity contribution in [3.8, 4) is 5.75 Å². The van der Waals surface area contributed by atoms with Crippen LogP contribution in [0.4, 0.5) is 5.69 Å². The second kappa shape index (κ2) is 7.73. The molecule has 0 radical (unpaired) electrons. The number of carbonyl (C=O) groups is 2. The highest BCUT2D eigenvalue weighted by Gasteiger charge is 2.36. The molecule has 0 fully saturated rings. The Hall–Kier alpha value is -2.62. The smallest absolute Gasteiger partial charge is 0.268 e. The first kappa shape index (κ1) is 18.2. The number of fused-ring (bicyclic) bond motifs is 1. The van der Waals surface area contributed by atoms with E-state index in [0.717, 1.165) is 12.0 Å². The first-order valence-corrected chi connectivity index (χ1v) is 9.20. The summed E-state index contributed by atoms with van der Waals surface area (Å²) in [7, 11) is 0. The van der Waals surface area contributed by atoms with Crippen molar-refractivity contribution in [1.82, 2.24) is 0 Å². The molecule has 1 aliphatic heterocycles. The van der Waals surface area contributed by atoms with Gasteiger partial charge in [0.2, 0.25) is 0 Å². The number of ketones is 1. The summed E-state index contributed by atoms with van der Waals surface area (Å²) in [5.74, 6) is 0.757. The largest absolute Gasteiger partial charge is 0.478 e. The number of benzene rings is 2. The lowest BCUT2D eigenvalue weighted by Gasteiger charge is -2.36. The number of rotatable bonds is 6. The number of ether oxygens (including phenoxy) is 1. The zero-order valence-corrected chi connectivity index (χ0v) is 15.6. The van der Waals surface area contributed by atoms with Crippen molar-refractivity contribution >= 4 is 17.4 Å². The summed E-state index contributed by atoms with van der Waals surface area (Å²) >= 11 is 0. The third kappa shape index (κ3) is 3.64. The Morgan fingerprint density at radius 1 is 1.15 bits per heavy atom. The van der Waals surface area contributed by atoms with Crippen molar-refractivity contribution < 1.29 is 14.3 Å². The molecule has 0 aromatic heterocycles. The highest BCUT2D eigenvalue weighted by Crippen LogP contribution is 2.37. The van der Waals surface area contributed by atoms with Gasteiger partial charge in [0.05, 0.1) is 12.2 Å². The predicted molar refractivity (Wildman–Crippen MR) is 103 cm³/mol.